The fourth-order valence-corrected chi connectivity index (χ4v) is 4.92. The molecule has 8 nitrogen and oxygen atoms in total. The first-order chi connectivity index (χ1) is 15.5. The highest BCUT2D eigenvalue weighted by molar-refractivity contribution is 6.05. The standard InChI is InChI=1S/C24H24N2O6/c1-29-16-7-5-15(6-8-16)26-13-24-11-10-18(32-24)20(21(24)23(26)28)22(27)25-14-4-9-17(30-2)19(12-14)31-3/h4-12,18,20-21H,13H2,1-3H3,(H,25,27). The highest BCUT2D eigenvalue weighted by Crippen LogP contribution is 2.53. The number of amides is 2. The van der Waals surface area contributed by atoms with E-state index in [9.17, 15) is 9.59 Å². The van der Waals surface area contributed by atoms with Crippen LogP contribution in [0.1, 0.15) is 0 Å². The average molecular weight is 436 g/mol. The first-order valence-corrected chi connectivity index (χ1v) is 10.3. The third-order valence-electron chi connectivity index (χ3n) is 6.44. The predicted octanol–water partition coefficient (Wildman–Crippen LogP) is 2.64. The number of fused-ring (bicyclic) bond motifs is 1. The lowest BCUT2D eigenvalue weighted by Crippen LogP contribution is -2.41. The smallest absolute Gasteiger partial charge is 0.234 e. The molecule has 8 heteroatoms. The third-order valence-corrected chi connectivity index (χ3v) is 6.44. The Hall–Kier alpha value is -3.52. The second-order valence-corrected chi connectivity index (χ2v) is 8.08. The van der Waals surface area contributed by atoms with Gasteiger partial charge in [-0.1, -0.05) is 12.2 Å². The van der Waals surface area contributed by atoms with Gasteiger partial charge in [-0.15, -0.1) is 0 Å². The maximum Gasteiger partial charge on any atom is 0.234 e. The highest BCUT2D eigenvalue weighted by atomic mass is 16.5. The minimum absolute atomic E-state index is 0.116. The van der Waals surface area contributed by atoms with Crippen LogP contribution in [0.25, 0.3) is 0 Å². The van der Waals surface area contributed by atoms with E-state index < -0.39 is 23.5 Å². The van der Waals surface area contributed by atoms with Crippen LogP contribution >= 0.6 is 0 Å². The Kier molecular flexibility index (Phi) is 4.82. The van der Waals surface area contributed by atoms with E-state index in [0.29, 0.717) is 29.5 Å². The fourth-order valence-electron chi connectivity index (χ4n) is 4.92. The molecule has 2 aromatic rings. The van der Waals surface area contributed by atoms with Crippen LogP contribution in [0, 0.1) is 11.8 Å². The van der Waals surface area contributed by atoms with Gasteiger partial charge in [0.1, 0.15) is 11.4 Å². The molecule has 3 aliphatic heterocycles. The Morgan fingerprint density at radius 2 is 1.81 bits per heavy atom. The molecule has 5 rings (SSSR count). The van der Waals surface area contributed by atoms with E-state index in [2.05, 4.69) is 5.32 Å². The van der Waals surface area contributed by atoms with Crippen LogP contribution in [-0.2, 0) is 14.3 Å². The summed E-state index contributed by atoms with van der Waals surface area (Å²) in [6.45, 7) is 0.371. The van der Waals surface area contributed by atoms with Crippen LogP contribution in [0.2, 0.25) is 0 Å². The Balaban J connectivity index is 1.39. The Morgan fingerprint density at radius 3 is 2.50 bits per heavy atom. The van der Waals surface area contributed by atoms with Crippen molar-refractivity contribution < 1.29 is 28.5 Å². The van der Waals surface area contributed by atoms with Crippen molar-refractivity contribution in [3.05, 3.63) is 54.6 Å². The normalized spacial score (nSPS) is 27.4. The number of hydrogen-bond donors (Lipinski definition) is 1. The predicted molar refractivity (Wildman–Crippen MR) is 117 cm³/mol. The fraction of sp³-hybridized carbons (Fsp3) is 0.333. The summed E-state index contributed by atoms with van der Waals surface area (Å²) in [7, 11) is 4.68. The number of methoxy groups -OCH3 is 3. The molecule has 2 saturated heterocycles. The summed E-state index contributed by atoms with van der Waals surface area (Å²) < 4.78 is 22.0. The summed E-state index contributed by atoms with van der Waals surface area (Å²) >= 11 is 0. The van der Waals surface area contributed by atoms with Gasteiger partial charge in [-0.25, -0.2) is 0 Å². The van der Waals surface area contributed by atoms with E-state index >= 15 is 0 Å². The van der Waals surface area contributed by atoms with Crippen LogP contribution in [0.3, 0.4) is 0 Å². The first kappa shape index (κ1) is 20.4. The summed E-state index contributed by atoms with van der Waals surface area (Å²) in [5, 5.41) is 2.92. The van der Waals surface area contributed by atoms with Crippen LogP contribution in [-0.4, -0.2) is 51.4 Å². The van der Waals surface area contributed by atoms with Gasteiger partial charge < -0.3 is 29.2 Å². The van der Waals surface area contributed by atoms with Gasteiger partial charge in [0.2, 0.25) is 11.8 Å². The van der Waals surface area contributed by atoms with Crippen molar-refractivity contribution in [2.24, 2.45) is 11.8 Å². The number of nitrogens with one attached hydrogen (secondary N) is 1. The number of rotatable bonds is 6. The molecule has 1 spiro atoms. The first-order valence-electron chi connectivity index (χ1n) is 10.3. The lowest BCUT2D eigenvalue weighted by molar-refractivity contribution is -0.128. The van der Waals surface area contributed by atoms with Gasteiger partial charge in [0, 0.05) is 17.4 Å². The molecule has 0 radical (unpaired) electrons. The van der Waals surface area contributed by atoms with Crippen LogP contribution in [0.4, 0.5) is 11.4 Å². The van der Waals surface area contributed by atoms with Crippen LogP contribution < -0.4 is 24.4 Å². The number of carbonyl (C=O) groups excluding carboxylic acids is 2. The molecule has 2 aromatic carbocycles. The second kappa shape index (κ2) is 7.56. The minimum atomic E-state index is -0.790. The SMILES string of the molecule is COc1ccc(N2CC34C=CC(O3)C(C(=O)Nc3ccc(OC)c(OC)c3)C4C2=O)cc1. The van der Waals surface area contributed by atoms with Crippen molar-refractivity contribution in [2.75, 3.05) is 38.1 Å². The van der Waals surface area contributed by atoms with Crippen molar-refractivity contribution >= 4 is 23.2 Å². The average Bonchev–Trinajstić information content (AvgIpc) is 3.47. The summed E-state index contributed by atoms with van der Waals surface area (Å²) in [4.78, 5) is 28.4. The summed E-state index contributed by atoms with van der Waals surface area (Å²) in [6.07, 6.45) is 3.39. The van der Waals surface area contributed by atoms with E-state index in [1.807, 2.05) is 36.4 Å². The molecule has 4 atom stereocenters. The minimum Gasteiger partial charge on any atom is -0.497 e. The van der Waals surface area contributed by atoms with Gasteiger partial charge >= 0.3 is 0 Å². The molecule has 2 fully saturated rings. The summed E-state index contributed by atoms with van der Waals surface area (Å²) in [5.74, 6) is 0.203. The Bertz CT molecular complexity index is 1100. The zero-order valence-corrected chi connectivity index (χ0v) is 18.0. The quantitative estimate of drug-likeness (QED) is 0.701. The molecule has 2 amide bonds. The molecule has 0 aromatic heterocycles. The third kappa shape index (κ3) is 3.02. The van der Waals surface area contributed by atoms with Crippen molar-refractivity contribution in [1.82, 2.24) is 0 Å². The lowest BCUT2D eigenvalue weighted by Gasteiger charge is -2.23. The zero-order chi connectivity index (χ0) is 22.5. The molecular weight excluding hydrogens is 412 g/mol. The van der Waals surface area contributed by atoms with Crippen LogP contribution in [0.5, 0.6) is 17.2 Å². The molecule has 0 aliphatic carbocycles. The summed E-state index contributed by atoms with van der Waals surface area (Å²) in [6, 6.07) is 12.4. The van der Waals surface area contributed by atoms with Gasteiger partial charge in [0.05, 0.1) is 45.8 Å². The van der Waals surface area contributed by atoms with Crippen molar-refractivity contribution in [3.63, 3.8) is 0 Å². The van der Waals surface area contributed by atoms with E-state index in [0.717, 1.165) is 5.69 Å². The van der Waals surface area contributed by atoms with E-state index in [1.165, 1.54) is 7.11 Å². The highest BCUT2D eigenvalue weighted by Gasteiger charge is 2.67. The molecular formula is C24H24N2O6. The van der Waals surface area contributed by atoms with Gasteiger partial charge in [0.15, 0.2) is 11.5 Å². The molecule has 32 heavy (non-hydrogen) atoms. The van der Waals surface area contributed by atoms with Crippen LogP contribution in [0.15, 0.2) is 54.6 Å². The lowest BCUT2D eigenvalue weighted by atomic mass is 9.77. The Morgan fingerprint density at radius 1 is 1.06 bits per heavy atom. The van der Waals surface area contributed by atoms with E-state index in [1.54, 1.807) is 37.3 Å². The Labute approximate surface area is 185 Å². The largest absolute Gasteiger partial charge is 0.497 e. The molecule has 4 unspecified atom stereocenters. The topological polar surface area (TPSA) is 86.3 Å². The maximum absolute atomic E-state index is 13.4. The molecule has 3 heterocycles. The van der Waals surface area contributed by atoms with E-state index in [4.69, 9.17) is 18.9 Å². The monoisotopic (exact) mass is 436 g/mol. The molecule has 2 bridgehead atoms. The van der Waals surface area contributed by atoms with Gasteiger partial charge in [-0.05, 0) is 36.4 Å². The van der Waals surface area contributed by atoms with Crippen molar-refractivity contribution in [2.45, 2.75) is 11.7 Å². The number of hydrogen-bond acceptors (Lipinski definition) is 6. The van der Waals surface area contributed by atoms with Crippen molar-refractivity contribution in [3.8, 4) is 17.2 Å². The van der Waals surface area contributed by atoms with Gasteiger partial charge in [-0.2, -0.15) is 0 Å². The van der Waals surface area contributed by atoms with Gasteiger partial charge in [0.25, 0.3) is 0 Å². The molecule has 166 valence electrons. The number of nitrogens with zero attached hydrogens (tertiary/aromatic N) is 1. The molecule has 3 aliphatic rings. The second-order valence-electron chi connectivity index (χ2n) is 8.08. The maximum atomic E-state index is 13.4. The number of ether oxygens (including phenoxy) is 4. The zero-order valence-electron chi connectivity index (χ0n) is 18.0. The number of anilines is 2. The van der Waals surface area contributed by atoms with E-state index in [-0.39, 0.29) is 11.8 Å². The summed E-state index contributed by atoms with van der Waals surface area (Å²) in [5.41, 5.74) is 0.520. The van der Waals surface area contributed by atoms with Crippen molar-refractivity contribution in [1.29, 1.82) is 0 Å². The van der Waals surface area contributed by atoms with Gasteiger partial charge in [-0.3, -0.25) is 9.59 Å². The number of carbonyl (C=O) groups is 2. The number of benzene rings is 2. The molecule has 1 N–H and O–H groups in total. The molecule has 0 saturated carbocycles.